The van der Waals surface area contributed by atoms with E-state index in [-0.39, 0.29) is 11.5 Å². The molecule has 122 valence electrons. The minimum atomic E-state index is -0.281. The highest BCUT2D eigenvalue weighted by atomic mass is 16.3. The first-order chi connectivity index (χ1) is 11.6. The number of Topliss-reactive ketones (excluding diaryl/α,β-unsaturated/α-hetero) is 1. The molecule has 7 heteroatoms. The van der Waals surface area contributed by atoms with E-state index < -0.39 is 0 Å². The lowest BCUT2D eigenvalue weighted by Gasteiger charge is -2.11. The lowest BCUT2D eigenvalue weighted by Crippen LogP contribution is -2.13. The first-order valence-electron chi connectivity index (χ1n) is 7.38. The standard InChI is InChI=1S/C17H17N5O2/c1-12-6-8-13(9-7-12)22-17(18-19-20-22)14(11-21(2)3)16(23)15-5-4-10-24-15/h4-11H,1-3H3. The zero-order valence-corrected chi connectivity index (χ0v) is 13.7. The number of hydrogen-bond donors (Lipinski definition) is 0. The number of carbonyl (C=O) groups excluding carboxylic acids is 1. The van der Waals surface area contributed by atoms with Gasteiger partial charge in [0, 0.05) is 20.3 Å². The number of nitrogens with zero attached hydrogens (tertiary/aromatic N) is 5. The molecule has 2 heterocycles. The Bertz CT molecular complexity index is 861. The van der Waals surface area contributed by atoms with Crippen LogP contribution in [0.25, 0.3) is 11.3 Å². The number of aryl methyl sites for hydroxylation is 1. The molecule has 7 nitrogen and oxygen atoms in total. The molecule has 24 heavy (non-hydrogen) atoms. The average molecular weight is 323 g/mol. The van der Waals surface area contributed by atoms with Gasteiger partial charge in [0.15, 0.2) is 11.6 Å². The van der Waals surface area contributed by atoms with Crippen molar-refractivity contribution in [1.29, 1.82) is 0 Å². The molecular weight excluding hydrogens is 306 g/mol. The topological polar surface area (TPSA) is 77.1 Å². The van der Waals surface area contributed by atoms with Gasteiger partial charge in [0.25, 0.3) is 0 Å². The van der Waals surface area contributed by atoms with Crippen LogP contribution in [0.2, 0.25) is 0 Å². The molecule has 2 aromatic heterocycles. The number of ketones is 1. The van der Waals surface area contributed by atoms with Crippen molar-refractivity contribution in [1.82, 2.24) is 25.1 Å². The van der Waals surface area contributed by atoms with Crippen LogP contribution in [0.4, 0.5) is 0 Å². The highest BCUT2D eigenvalue weighted by molar-refractivity contribution is 6.27. The van der Waals surface area contributed by atoms with Gasteiger partial charge in [-0.15, -0.1) is 5.10 Å². The number of carbonyl (C=O) groups is 1. The lowest BCUT2D eigenvalue weighted by atomic mass is 10.1. The predicted octanol–water partition coefficient (Wildman–Crippen LogP) is 2.35. The second-order valence-corrected chi connectivity index (χ2v) is 5.56. The second kappa shape index (κ2) is 6.49. The Balaban J connectivity index is 2.09. The van der Waals surface area contributed by atoms with Gasteiger partial charge in [-0.3, -0.25) is 4.79 Å². The zero-order chi connectivity index (χ0) is 17.1. The molecule has 0 N–H and O–H groups in total. The maximum atomic E-state index is 12.8. The molecule has 3 rings (SSSR count). The SMILES string of the molecule is Cc1ccc(-n2nnnc2C(=CN(C)C)C(=O)c2ccco2)cc1. The Morgan fingerprint density at radius 3 is 2.58 bits per heavy atom. The third-order valence-electron chi connectivity index (χ3n) is 3.37. The van der Waals surface area contributed by atoms with Crippen molar-refractivity contribution in [2.75, 3.05) is 14.1 Å². The maximum absolute atomic E-state index is 12.8. The van der Waals surface area contributed by atoms with Gasteiger partial charge in [0.05, 0.1) is 17.5 Å². The monoisotopic (exact) mass is 323 g/mol. The smallest absolute Gasteiger partial charge is 0.233 e. The van der Waals surface area contributed by atoms with Crippen LogP contribution < -0.4 is 0 Å². The molecule has 1 aromatic carbocycles. The van der Waals surface area contributed by atoms with Crippen molar-refractivity contribution in [3.8, 4) is 5.69 Å². The van der Waals surface area contributed by atoms with Crippen LogP contribution in [0.1, 0.15) is 21.9 Å². The molecule has 0 aliphatic carbocycles. The summed E-state index contributed by atoms with van der Waals surface area (Å²) in [5.41, 5.74) is 2.25. The summed E-state index contributed by atoms with van der Waals surface area (Å²) in [6, 6.07) is 11.0. The van der Waals surface area contributed by atoms with Crippen molar-refractivity contribution in [2.24, 2.45) is 0 Å². The number of allylic oxidation sites excluding steroid dienone is 1. The van der Waals surface area contributed by atoms with Gasteiger partial charge in [0.1, 0.15) is 0 Å². The highest BCUT2D eigenvalue weighted by Gasteiger charge is 2.23. The molecule has 0 saturated carbocycles. The Morgan fingerprint density at radius 1 is 1.21 bits per heavy atom. The van der Waals surface area contributed by atoms with E-state index in [1.54, 1.807) is 23.2 Å². The number of furan rings is 1. The Labute approximate surface area is 139 Å². The normalized spacial score (nSPS) is 11.5. The summed E-state index contributed by atoms with van der Waals surface area (Å²) in [4.78, 5) is 14.5. The van der Waals surface area contributed by atoms with Crippen molar-refractivity contribution in [3.05, 3.63) is 66.0 Å². The van der Waals surface area contributed by atoms with Gasteiger partial charge in [-0.05, 0) is 41.6 Å². The summed E-state index contributed by atoms with van der Waals surface area (Å²) in [5, 5.41) is 11.8. The van der Waals surface area contributed by atoms with E-state index in [0.29, 0.717) is 11.4 Å². The van der Waals surface area contributed by atoms with E-state index in [2.05, 4.69) is 15.5 Å². The zero-order valence-electron chi connectivity index (χ0n) is 13.7. The van der Waals surface area contributed by atoms with Gasteiger partial charge < -0.3 is 9.32 Å². The van der Waals surface area contributed by atoms with Crippen LogP contribution in [0.15, 0.2) is 53.3 Å². The summed E-state index contributed by atoms with van der Waals surface area (Å²) in [6.07, 6.45) is 3.14. The van der Waals surface area contributed by atoms with Crippen molar-refractivity contribution >= 4 is 11.4 Å². The third-order valence-corrected chi connectivity index (χ3v) is 3.37. The fourth-order valence-corrected chi connectivity index (χ4v) is 2.23. The van der Waals surface area contributed by atoms with Crippen LogP contribution in [0.3, 0.4) is 0 Å². The molecule has 3 aromatic rings. The first-order valence-corrected chi connectivity index (χ1v) is 7.38. The maximum Gasteiger partial charge on any atom is 0.233 e. The van der Waals surface area contributed by atoms with Gasteiger partial charge in [0.2, 0.25) is 5.78 Å². The molecule has 0 amide bonds. The molecule has 0 bridgehead atoms. The minimum Gasteiger partial charge on any atom is -0.461 e. The molecule has 0 saturated heterocycles. The number of tetrazole rings is 1. The molecule has 0 fully saturated rings. The average Bonchev–Trinajstić information content (AvgIpc) is 3.24. The highest BCUT2D eigenvalue weighted by Crippen LogP contribution is 2.21. The molecule has 0 aliphatic heterocycles. The summed E-state index contributed by atoms with van der Waals surface area (Å²) in [6.45, 7) is 2.00. The number of aromatic nitrogens is 4. The van der Waals surface area contributed by atoms with Crippen LogP contribution in [-0.4, -0.2) is 45.0 Å². The largest absolute Gasteiger partial charge is 0.461 e. The van der Waals surface area contributed by atoms with E-state index >= 15 is 0 Å². The first kappa shape index (κ1) is 15.7. The van der Waals surface area contributed by atoms with Gasteiger partial charge in [-0.2, -0.15) is 4.68 Å². The van der Waals surface area contributed by atoms with E-state index in [1.165, 1.54) is 10.9 Å². The minimum absolute atomic E-state index is 0.238. The van der Waals surface area contributed by atoms with Gasteiger partial charge in [-0.1, -0.05) is 17.7 Å². The Hall–Kier alpha value is -3.22. The van der Waals surface area contributed by atoms with Gasteiger partial charge >= 0.3 is 0 Å². The number of hydrogen-bond acceptors (Lipinski definition) is 6. The Morgan fingerprint density at radius 2 is 1.96 bits per heavy atom. The molecule has 0 radical (unpaired) electrons. The predicted molar refractivity (Wildman–Crippen MR) is 88.6 cm³/mol. The molecule has 0 aliphatic rings. The summed E-state index contributed by atoms with van der Waals surface area (Å²) in [5.74, 6) is 0.312. The lowest BCUT2D eigenvalue weighted by molar-refractivity contribution is 0.103. The van der Waals surface area contributed by atoms with Crippen LogP contribution in [0, 0.1) is 6.92 Å². The van der Waals surface area contributed by atoms with E-state index in [1.807, 2.05) is 45.3 Å². The van der Waals surface area contributed by atoms with Crippen LogP contribution in [-0.2, 0) is 0 Å². The van der Waals surface area contributed by atoms with Crippen molar-refractivity contribution in [3.63, 3.8) is 0 Å². The fraction of sp³-hybridized carbons (Fsp3) is 0.176. The fourth-order valence-electron chi connectivity index (χ4n) is 2.23. The molecule has 0 spiro atoms. The number of rotatable bonds is 5. The van der Waals surface area contributed by atoms with E-state index in [0.717, 1.165) is 11.3 Å². The summed E-state index contributed by atoms with van der Waals surface area (Å²) >= 11 is 0. The summed E-state index contributed by atoms with van der Waals surface area (Å²) < 4.78 is 6.77. The van der Waals surface area contributed by atoms with Crippen molar-refractivity contribution in [2.45, 2.75) is 6.92 Å². The van der Waals surface area contributed by atoms with E-state index in [4.69, 9.17) is 4.42 Å². The quantitative estimate of drug-likeness (QED) is 0.530. The molecular formula is C17H17N5O2. The number of benzene rings is 1. The molecule has 0 unspecified atom stereocenters. The van der Waals surface area contributed by atoms with Crippen LogP contribution in [0.5, 0.6) is 0 Å². The van der Waals surface area contributed by atoms with Gasteiger partial charge in [-0.25, -0.2) is 0 Å². The molecule has 0 atom stereocenters. The third kappa shape index (κ3) is 3.10. The second-order valence-electron chi connectivity index (χ2n) is 5.56. The van der Waals surface area contributed by atoms with Crippen LogP contribution >= 0.6 is 0 Å². The van der Waals surface area contributed by atoms with Crippen molar-refractivity contribution < 1.29 is 9.21 Å². The summed E-state index contributed by atoms with van der Waals surface area (Å²) in [7, 11) is 3.66. The van der Waals surface area contributed by atoms with E-state index in [9.17, 15) is 4.79 Å². The Kier molecular flexibility index (Phi) is 4.24.